The summed E-state index contributed by atoms with van der Waals surface area (Å²) < 4.78 is 27.8. The molecule has 148 valence electrons. The average Bonchev–Trinajstić information content (AvgIpc) is 3.20. The third kappa shape index (κ3) is 3.13. The Balaban J connectivity index is 1.59. The van der Waals surface area contributed by atoms with E-state index in [2.05, 4.69) is 31.0 Å². The second kappa shape index (κ2) is 6.99. The lowest BCUT2D eigenvalue weighted by molar-refractivity contribution is 0.0696. The van der Waals surface area contributed by atoms with E-state index in [0.717, 1.165) is 6.54 Å². The van der Waals surface area contributed by atoms with Gasteiger partial charge in [-0.3, -0.25) is 4.90 Å². The summed E-state index contributed by atoms with van der Waals surface area (Å²) in [6.45, 7) is 3.95. The van der Waals surface area contributed by atoms with Crippen LogP contribution >= 0.6 is 0 Å². The summed E-state index contributed by atoms with van der Waals surface area (Å²) in [6.07, 6.45) is 0. The molecule has 6 nitrogen and oxygen atoms in total. The normalized spacial score (nSPS) is 25.7. The summed E-state index contributed by atoms with van der Waals surface area (Å²) in [5.41, 5.74) is 2.58. The second-order valence-electron chi connectivity index (χ2n) is 7.82. The highest BCUT2D eigenvalue weighted by Gasteiger charge is 2.49. The SMILES string of the molecule is Cc1ccccc1[C@H]1[C@@H]2CN(S(=O)(=O)c3ccc(C(=O)O)cc3)C[C@@H]2CN1C. The first-order valence-corrected chi connectivity index (χ1v) is 10.8. The number of nitrogens with zero attached hydrogens (tertiary/aromatic N) is 2. The van der Waals surface area contributed by atoms with Gasteiger partial charge < -0.3 is 5.11 Å². The van der Waals surface area contributed by atoms with E-state index >= 15 is 0 Å². The monoisotopic (exact) mass is 400 g/mol. The fourth-order valence-electron chi connectivity index (χ4n) is 4.72. The van der Waals surface area contributed by atoms with E-state index in [9.17, 15) is 13.2 Å². The smallest absolute Gasteiger partial charge is 0.335 e. The summed E-state index contributed by atoms with van der Waals surface area (Å²) in [6, 6.07) is 14.0. The fraction of sp³-hybridized carbons (Fsp3) is 0.381. The van der Waals surface area contributed by atoms with Gasteiger partial charge in [-0.25, -0.2) is 13.2 Å². The molecule has 2 fully saturated rings. The number of hydrogen-bond acceptors (Lipinski definition) is 4. The zero-order valence-electron chi connectivity index (χ0n) is 15.9. The van der Waals surface area contributed by atoms with E-state index in [1.165, 1.54) is 35.4 Å². The molecule has 0 saturated carbocycles. The lowest BCUT2D eigenvalue weighted by atomic mass is 9.88. The van der Waals surface area contributed by atoms with Gasteiger partial charge in [-0.15, -0.1) is 0 Å². The molecule has 0 amide bonds. The van der Waals surface area contributed by atoms with Crippen molar-refractivity contribution >= 4 is 16.0 Å². The Labute approximate surface area is 165 Å². The molecule has 0 bridgehead atoms. The summed E-state index contributed by atoms with van der Waals surface area (Å²) in [5.74, 6) is -0.523. The number of carbonyl (C=O) groups is 1. The number of fused-ring (bicyclic) bond motifs is 1. The first kappa shape index (κ1) is 19.1. The topological polar surface area (TPSA) is 77.9 Å². The van der Waals surface area contributed by atoms with Crippen LogP contribution in [0.15, 0.2) is 53.4 Å². The number of benzene rings is 2. The van der Waals surface area contributed by atoms with E-state index in [-0.39, 0.29) is 22.4 Å². The zero-order valence-corrected chi connectivity index (χ0v) is 16.8. The molecule has 2 aliphatic rings. The van der Waals surface area contributed by atoms with Crippen LogP contribution in [0.3, 0.4) is 0 Å². The highest BCUT2D eigenvalue weighted by Crippen LogP contribution is 2.45. The van der Waals surface area contributed by atoms with Crippen LogP contribution in [0.1, 0.15) is 27.5 Å². The Bertz CT molecular complexity index is 1000. The van der Waals surface area contributed by atoms with Gasteiger partial charge in [0.15, 0.2) is 0 Å². The van der Waals surface area contributed by atoms with Crippen LogP contribution in [-0.2, 0) is 10.0 Å². The molecule has 28 heavy (non-hydrogen) atoms. The molecule has 0 aromatic heterocycles. The molecule has 1 N–H and O–H groups in total. The van der Waals surface area contributed by atoms with Crippen LogP contribution in [0.2, 0.25) is 0 Å². The van der Waals surface area contributed by atoms with E-state index in [1.807, 2.05) is 12.1 Å². The van der Waals surface area contributed by atoms with Crippen LogP contribution in [0, 0.1) is 18.8 Å². The highest BCUT2D eigenvalue weighted by molar-refractivity contribution is 7.89. The Hall–Kier alpha value is -2.22. The molecule has 7 heteroatoms. The van der Waals surface area contributed by atoms with E-state index in [0.29, 0.717) is 19.0 Å². The number of carboxylic acids is 1. The molecule has 2 aromatic rings. The highest BCUT2D eigenvalue weighted by atomic mass is 32.2. The van der Waals surface area contributed by atoms with Gasteiger partial charge in [0.05, 0.1) is 10.5 Å². The Kier molecular flexibility index (Phi) is 4.77. The van der Waals surface area contributed by atoms with Gasteiger partial charge in [-0.1, -0.05) is 24.3 Å². The number of likely N-dealkylation sites (tertiary alicyclic amines) is 1. The van der Waals surface area contributed by atoms with Crippen molar-refractivity contribution in [1.29, 1.82) is 0 Å². The Morgan fingerprint density at radius 3 is 2.36 bits per heavy atom. The minimum absolute atomic E-state index is 0.0819. The molecule has 2 aliphatic heterocycles. The van der Waals surface area contributed by atoms with Crippen LogP contribution < -0.4 is 0 Å². The summed E-state index contributed by atoms with van der Waals surface area (Å²) in [5, 5.41) is 9.02. The zero-order chi connectivity index (χ0) is 20.1. The summed E-state index contributed by atoms with van der Waals surface area (Å²) in [7, 11) is -1.52. The quantitative estimate of drug-likeness (QED) is 0.854. The molecule has 2 saturated heterocycles. The maximum Gasteiger partial charge on any atom is 0.335 e. The molecule has 0 radical (unpaired) electrons. The molecule has 2 aromatic carbocycles. The lowest BCUT2D eigenvalue weighted by Crippen LogP contribution is -2.33. The van der Waals surface area contributed by atoms with Crippen molar-refractivity contribution in [3.63, 3.8) is 0 Å². The van der Waals surface area contributed by atoms with Gasteiger partial charge >= 0.3 is 5.97 Å². The van der Waals surface area contributed by atoms with Gasteiger partial charge in [0.1, 0.15) is 0 Å². The average molecular weight is 401 g/mol. The number of aromatic carboxylic acids is 1. The van der Waals surface area contributed by atoms with Crippen LogP contribution in [-0.4, -0.2) is 55.4 Å². The maximum absolute atomic E-state index is 13.1. The minimum atomic E-state index is -3.63. The van der Waals surface area contributed by atoms with Gasteiger partial charge in [0.2, 0.25) is 10.0 Å². The van der Waals surface area contributed by atoms with Crippen LogP contribution in [0.5, 0.6) is 0 Å². The minimum Gasteiger partial charge on any atom is -0.478 e. The molecule has 4 rings (SSSR count). The first-order chi connectivity index (χ1) is 13.3. The Morgan fingerprint density at radius 1 is 1.04 bits per heavy atom. The van der Waals surface area contributed by atoms with Crippen molar-refractivity contribution in [2.45, 2.75) is 17.9 Å². The molecule has 0 unspecified atom stereocenters. The lowest BCUT2D eigenvalue weighted by Gasteiger charge is -2.27. The van der Waals surface area contributed by atoms with Crippen molar-refractivity contribution in [3.8, 4) is 0 Å². The largest absolute Gasteiger partial charge is 0.478 e. The maximum atomic E-state index is 13.1. The first-order valence-electron chi connectivity index (χ1n) is 9.38. The number of hydrogen-bond donors (Lipinski definition) is 1. The fourth-order valence-corrected chi connectivity index (χ4v) is 6.25. The molecule has 0 aliphatic carbocycles. The van der Waals surface area contributed by atoms with Gasteiger partial charge in [0, 0.05) is 25.7 Å². The van der Waals surface area contributed by atoms with Gasteiger partial charge in [0.25, 0.3) is 0 Å². The third-order valence-electron chi connectivity index (χ3n) is 6.11. The van der Waals surface area contributed by atoms with E-state index in [1.54, 1.807) is 4.31 Å². The second-order valence-corrected chi connectivity index (χ2v) is 9.75. The van der Waals surface area contributed by atoms with Crippen LogP contribution in [0.25, 0.3) is 0 Å². The van der Waals surface area contributed by atoms with Crippen molar-refractivity contribution in [2.75, 3.05) is 26.7 Å². The van der Waals surface area contributed by atoms with Gasteiger partial charge in [-0.05, 0) is 61.2 Å². The predicted octanol–water partition coefficient (Wildman–Crippen LogP) is 2.62. The summed E-state index contributed by atoms with van der Waals surface area (Å²) >= 11 is 0. The van der Waals surface area contributed by atoms with Gasteiger partial charge in [-0.2, -0.15) is 4.31 Å². The molecule has 2 heterocycles. The number of rotatable bonds is 4. The van der Waals surface area contributed by atoms with Crippen molar-refractivity contribution in [3.05, 3.63) is 65.2 Å². The van der Waals surface area contributed by atoms with Crippen molar-refractivity contribution in [2.24, 2.45) is 11.8 Å². The standard InChI is InChI=1S/C21H24N2O4S/c1-14-5-3-4-6-18(14)20-19-13-23(12-16(19)11-22(20)2)28(26,27)17-9-7-15(8-10-17)21(24)25/h3-10,16,19-20H,11-13H2,1-2H3,(H,24,25)/t16-,19+,20-/m0/s1. The number of aryl methyl sites for hydroxylation is 1. The van der Waals surface area contributed by atoms with E-state index in [4.69, 9.17) is 5.11 Å². The summed E-state index contributed by atoms with van der Waals surface area (Å²) in [4.78, 5) is 13.5. The van der Waals surface area contributed by atoms with Crippen molar-refractivity contribution in [1.82, 2.24) is 9.21 Å². The van der Waals surface area contributed by atoms with Crippen molar-refractivity contribution < 1.29 is 18.3 Å². The molecule has 3 atom stereocenters. The number of sulfonamides is 1. The predicted molar refractivity (Wildman–Crippen MR) is 106 cm³/mol. The molecular weight excluding hydrogens is 376 g/mol. The molecule has 0 spiro atoms. The Morgan fingerprint density at radius 2 is 1.71 bits per heavy atom. The van der Waals surface area contributed by atoms with E-state index < -0.39 is 16.0 Å². The third-order valence-corrected chi connectivity index (χ3v) is 7.95. The number of carboxylic acid groups (broad SMARTS) is 1. The molecular formula is C21H24N2O4S. The van der Waals surface area contributed by atoms with Crippen LogP contribution in [0.4, 0.5) is 0 Å².